The first-order valence-electron chi connectivity index (χ1n) is 16.8. The summed E-state index contributed by atoms with van der Waals surface area (Å²) in [6.45, 7) is 29.2. The lowest BCUT2D eigenvalue weighted by molar-refractivity contribution is 0.276. The summed E-state index contributed by atoms with van der Waals surface area (Å²) in [5, 5.41) is 0.376. The van der Waals surface area contributed by atoms with Gasteiger partial charge in [0, 0.05) is 0 Å². The molecule has 3 aromatic rings. The molecule has 0 bridgehead atoms. The van der Waals surface area contributed by atoms with Crippen molar-refractivity contribution in [2.45, 2.75) is 130 Å². The van der Waals surface area contributed by atoms with E-state index in [1.165, 1.54) is 46.6 Å². The summed E-state index contributed by atoms with van der Waals surface area (Å²) in [4.78, 5) is 0. The Morgan fingerprint density at radius 2 is 1.11 bits per heavy atom. The zero-order valence-corrected chi connectivity index (χ0v) is 32.0. The Morgan fingerprint density at radius 3 is 1.52 bits per heavy atom. The lowest BCUT2D eigenvalue weighted by Crippen LogP contribution is -2.40. The van der Waals surface area contributed by atoms with Crippen molar-refractivity contribution >= 4 is 16.6 Å². The molecule has 2 atom stereocenters. The fraction of sp³-hybridized carbons (Fsp3) is 0.525. The fourth-order valence-electron chi connectivity index (χ4n) is 5.02. The molecule has 44 heavy (non-hydrogen) atoms. The molecule has 0 aliphatic rings. The molecule has 0 fully saturated rings. The lowest BCUT2D eigenvalue weighted by atomic mass is 9.77. The van der Waals surface area contributed by atoms with Gasteiger partial charge in [-0.15, -0.1) is 41.3 Å². The van der Waals surface area contributed by atoms with Crippen LogP contribution in [0.2, 0.25) is 36.3 Å². The summed E-state index contributed by atoms with van der Waals surface area (Å²) >= 11 is 0. The zero-order chi connectivity index (χ0) is 32.8. The van der Waals surface area contributed by atoms with Crippen molar-refractivity contribution in [2.24, 2.45) is 5.92 Å². The topological polar surface area (TPSA) is 18.5 Å². The molecular formula is C40H61O2Si2-. The summed E-state index contributed by atoms with van der Waals surface area (Å²) in [7, 11) is -3.70. The van der Waals surface area contributed by atoms with Crippen LogP contribution in [-0.4, -0.2) is 16.6 Å². The van der Waals surface area contributed by atoms with E-state index in [1.807, 2.05) is 0 Å². The molecule has 242 valence electrons. The maximum Gasteiger partial charge on any atom is 0.192 e. The van der Waals surface area contributed by atoms with E-state index in [0.29, 0.717) is 25.0 Å². The summed E-state index contributed by atoms with van der Waals surface area (Å²) < 4.78 is 13.3. The molecule has 0 N–H and O–H groups in total. The van der Waals surface area contributed by atoms with Crippen LogP contribution in [0.1, 0.15) is 108 Å². The molecule has 0 saturated heterocycles. The van der Waals surface area contributed by atoms with Crippen LogP contribution in [0.15, 0.2) is 78.9 Å². The van der Waals surface area contributed by atoms with Gasteiger partial charge >= 0.3 is 0 Å². The van der Waals surface area contributed by atoms with Crippen molar-refractivity contribution in [1.82, 2.24) is 0 Å². The Balaban J connectivity index is 2.01. The molecule has 3 rings (SSSR count). The lowest BCUT2D eigenvalue weighted by Gasteiger charge is -2.37. The first kappa shape index (κ1) is 36.4. The van der Waals surface area contributed by atoms with Crippen LogP contribution in [0.4, 0.5) is 0 Å². The van der Waals surface area contributed by atoms with E-state index in [0.717, 1.165) is 6.42 Å². The van der Waals surface area contributed by atoms with Gasteiger partial charge in [-0.1, -0.05) is 128 Å². The molecular weight excluding hydrogens is 569 g/mol. The molecule has 2 unspecified atom stereocenters. The zero-order valence-electron chi connectivity index (χ0n) is 30.0. The van der Waals surface area contributed by atoms with E-state index < -0.39 is 16.6 Å². The minimum absolute atomic E-state index is 0.188. The van der Waals surface area contributed by atoms with Gasteiger partial charge in [-0.05, 0) is 66.5 Å². The molecule has 3 aromatic carbocycles. The second-order valence-electron chi connectivity index (χ2n) is 16.0. The Hall–Kier alpha value is -2.12. The second kappa shape index (κ2) is 15.0. The van der Waals surface area contributed by atoms with Crippen LogP contribution in [0.5, 0.6) is 0 Å². The normalized spacial score (nSPS) is 14.4. The number of benzene rings is 3. The number of hydrogen-bond acceptors (Lipinski definition) is 2. The van der Waals surface area contributed by atoms with Gasteiger partial charge in [-0.25, -0.2) is 0 Å². The van der Waals surface area contributed by atoms with Gasteiger partial charge in [0.05, 0.1) is 13.2 Å². The molecule has 0 saturated carbocycles. The van der Waals surface area contributed by atoms with Crippen molar-refractivity contribution in [1.29, 1.82) is 0 Å². The Labute approximate surface area is 273 Å². The van der Waals surface area contributed by atoms with Crippen LogP contribution < -0.4 is 0 Å². The molecule has 2 nitrogen and oxygen atoms in total. The predicted molar refractivity (Wildman–Crippen MR) is 196 cm³/mol. The minimum Gasteiger partial charge on any atom is -0.413 e. The third-order valence-corrected chi connectivity index (χ3v) is 19.4. The molecule has 0 aliphatic carbocycles. The minimum atomic E-state index is -1.85. The van der Waals surface area contributed by atoms with Gasteiger partial charge in [-0.2, -0.15) is 0 Å². The van der Waals surface area contributed by atoms with Crippen LogP contribution in [0.25, 0.3) is 0 Å². The van der Waals surface area contributed by atoms with Crippen molar-refractivity contribution in [3.63, 3.8) is 0 Å². The van der Waals surface area contributed by atoms with Gasteiger partial charge in [0.15, 0.2) is 16.6 Å². The standard InChI is InChI=1S/C40H61O2Si2/c1-13-31(2)25-37(34-21-15-14-16-22-34)28-38(35-23-17-19-32(26-35)29-41-43(9,10)39(3,4)5)36-24-18-20-33(27-36)30-42-44(11,12)40(6,7)8/h14-24,26-27,31,37H,13,25,28-30H2,1-12H3/q-1. The van der Waals surface area contributed by atoms with Crippen molar-refractivity contribution in [3.8, 4) is 0 Å². The molecule has 0 aromatic heterocycles. The van der Waals surface area contributed by atoms with E-state index in [4.69, 9.17) is 8.85 Å². The van der Waals surface area contributed by atoms with Crippen LogP contribution in [0.3, 0.4) is 0 Å². The van der Waals surface area contributed by atoms with E-state index in [9.17, 15) is 0 Å². The summed E-state index contributed by atoms with van der Waals surface area (Å²) in [5.74, 6) is 2.51. The van der Waals surface area contributed by atoms with Crippen molar-refractivity contribution < 1.29 is 8.85 Å². The predicted octanol–water partition coefficient (Wildman–Crippen LogP) is 12.3. The van der Waals surface area contributed by atoms with E-state index in [2.05, 4.69) is 160 Å². The number of hydrogen-bond donors (Lipinski definition) is 0. The van der Waals surface area contributed by atoms with E-state index in [1.54, 1.807) is 0 Å². The van der Waals surface area contributed by atoms with E-state index >= 15 is 0 Å². The first-order chi connectivity index (χ1) is 20.4. The van der Waals surface area contributed by atoms with Gasteiger partial charge in [0.2, 0.25) is 0 Å². The summed E-state index contributed by atoms with van der Waals surface area (Å²) in [5.41, 5.74) is 6.53. The monoisotopic (exact) mass is 629 g/mol. The smallest absolute Gasteiger partial charge is 0.192 e. The van der Waals surface area contributed by atoms with Gasteiger partial charge in [0.1, 0.15) is 0 Å². The summed E-state index contributed by atoms with van der Waals surface area (Å²) in [6, 6.07) is 29.4. The van der Waals surface area contributed by atoms with Crippen molar-refractivity contribution in [3.05, 3.63) is 113 Å². The average molecular weight is 630 g/mol. The van der Waals surface area contributed by atoms with Crippen LogP contribution >= 0.6 is 0 Å². The number of rotatable bonds is 14. The Bertz CT molecular complexity index is 1230. The molecule has 0 aliphatic heterocycles. The molecule has 0 radical (unpaired) electrons. The fourth-order valence-corrected chi connectivity index (χ4v) is 6.94. The van der Waals surface area contributed by atoms with E-state index in [-0.39, 0.29) is 10.1 Å². The highest BCUT2D eigenvalue weighted by Gasteiger charge is 2.38. The SMILES string of the molecule is CCC(C)CC(C[C-](c1cccc(CO[Si](C)(C)C(C)(C)C)c1)c1cccc(CO[Si](C)(C)C(C)(C)C)c1)c1ccccc1. The van der Waals surface area contributed by atoms with Crippen molar-refractivity contribution in [2.75, 3.05) is 0 Å². The molecule has 0 spiro atoms. The first-order valence-corrected chi connectivity index (χ1v) is 22.6. The van der Waals surface area contributed by atoms with Crippen LogP contribution in [-0.2, 0) is 22.1 Å². The molecule has 0 heterocycles. The molecule has 0 amide bonds. The largest absolute Gasteiger partial charge is 0.413 e. The highest BCUT2D eigenvalue weighted by atomic mass is 28.4. The highest BCUT2D eigenvalue weighted by molar-refractivity contribution is 6.74. The maximum atomic E-state index is 6.67. The molecule has 4 heteroatoms. The Kier molecular flexibility index (Phi) is 12.4. The summed E-state index contributed by atoms with van der Waals surface area (Å²) in [6.07, 6.45) is 3.36. The van der Waals surface area contributed by atoms with Gasteiger partial charge in [0.25, 0.3) is 0 Å². The third kappa shape index (κ3) is 9.94. The second-order valence-corrected chi connectivity index (χ2v) is 25.7. The Morgan fingerprint density at radius 1 is 0.659 bits per heavy atom. The van der Waals surface area contributed by atoms with Crippen LogP contribution in [0, 0.1) is 11.8 Å². The third-order valence-electron chi connectivity index (χ3n) is 10.5. The van der Waals surface area contributed by atoms with Gasteiger partial charge < -0.3 is 8.85 Å². The average Bonchev–Trinajstić information content (AvgIpc) is 2.96. The quantitative estimate of drug-likeness (QED) is 0.130. The maximum absolute atomic E-state index is 6.67. The highest BCUT2D eigenvalue weighted by Crippen LogP contribution is 2.41. The van der Waals surface area contributed by atoms with Gasteiger partial charge in [-0.3, -0.25) is 0 Å².